The van der Waals surface area contributed by atoms with E-state index in [-0.39, 0.29) is 16.3 Å². The van der Waals surface area contributed by atoms with E-state index in [1.165, 1.54) is 6.07 Å². The van der Waals surface area contributed by atoms with Crippen molar-refractivity contribution in [2.24, 2.45) is 0 Å². The summed E-state index contributed by atoms with van der Waals surface area (Å²) in [7, 11) is 0. The van der Waals surface area contributed by atoms with Gasteiger partial charge in [0.2, 0.25) is 0 Å². The van der Waals surface area contributed by atoms with Crippen molar-refractivity contribution >= 4 is 39.7 Å². The van der Waals surface area contributed by atoms with Crippen LogP contribution in [-0.4, -0.2) is 23.3 Å². The first kappa shape index (κ1) is 19.8. The molecule has 5 nitrogen and oxygen atoms in total. The molecule has 0 amide bonds. The van der Waals surface area contributed by atoms with Crippen molar-refractivity contribution in [3.8, 4) is 5.75 Å². The maximum Gasteiger partial charge on any atom is 0.514 e. The van der Waals surface area contributed by atoms with Crippen molar-refractivity contribution in [1.29, 1.82) is 0 Å². The van der Waals surface area contributed by atoms with E-state index < -0.39 is 23.3 Å². The van der Waals surface area contributed by atoms with Crippen LogP contribution in [0.3, 0.4) is 0 Å². The number of rotatable bonds is 2. The summed E-state index contributed by atoms with van der Waals surface area (Å²) >= 11 is 9.33. The summed E-state index contributed by atoms with van der Waals surface area (Å²) in [6.45, 7) is 10.3. The molecule has 0 radical (unpaired) electrons. The number of esters is 1. The lowest BCUT2D eigenvalue weighted by molar-refractivity contribution is 0.00610. The predicted molar refractivity (Wildman–Crippen MR) is 91.2 cm³/mol. The summed E-state index contributed by atoms with van der Waals surface area (Å²) in [5.74, 6) is -0.733. The molecule has 7 heteroatoms. The zero-order valence-electron chi connectivity index (χ0n) is 14.0. The Morgan fingerprint density at radius 3 is 2.00 bits per heavy atom. The molecule has 0 N–H and O–H groups in total. The molecule has 0 saturated carbocycles. The first-order valence-corrected chi connectivity index (χ1v) is 8.09. The lowest BCUT2D eigenvalue weighted by Crippen LogP contribution is -2.27. The number of carbonyl (C=O) groups is 2. The van der Waals surface area contributed by atoms with Crippen LogP contribution < -0.4 is 4.74 Å². The molecule has 0 unspecified atom stereocenters. The molecule has 128 valence electrons. The van der Waals surface area contributed by atoms with E-state index in [0.717, 1.165) is 0 Å². The monoisotopic (exact) mass is 406 g/mol. The van der Waals surface area contributed by atoms with Crippen LogP contribution in [0, 0.1) is 0 Å². The van der Waals surface area contributed by atoms with E-state index in [0.29, 0.717) is 4.47 Å². The molecule has 23 heavy (non-hydrogen) atoms. The van der Waals surface area contributed by atoms with Crippen LogP contribution in [0.15, 0.2) is 16.6 Å². The highest BCUT2D eigenvalue weighted by molar-refractivity contribution is 9.10. The SMILES string of the molecule is CC(C)(C)OC(=O)Oc1c(Br)ccc(Cl)c1C(=O)OC(C)(C)C. The van der Waals surface area contributed by atoms with Gasteiger partial charge in [0.15, 0.2) is 5.75 Å². The van der Waals surface area contributed by atoms with Gasteiger partial charge in [0.05, 0.1) is 9.50 Å². The Hall–Kier alpha value is -1.27. The quantitative estimate of drug-likeness (QED) is 0.487. The van der Waals surface area contributed by atoms with Crippen molar-refractivity contribution in [1.82, 2.24) is 0 Å². The number of benzene rings is 1. The van der Waals surface area contributed by atoms with Crippen LogP contribution in [0.5, 0.6) is 5.75 Å². The largest absolute Gasteiger partial charge is 0.514 e. The molecule has 1 aromatic carbocycles. The second-order valence-electron chi connectivity index (χ2n) is 6.80. The number of hydrogen-bond donors (Lipinski definition) is 0. The zero-order valence-corrected chi connectivity index (χ0v) is 16.3. The van der Waals surface area contributed by atoms with E-state index in [4.69, 9.17) is 25.8 Å². The first-order chi connectivity index (χ1) is 10.3. The Labute approximate surface area is 149 Å². The molecular weight excluding hydrogens is 388 g/mol. The van der Waals surface area contributed by atoms with Crippen LogP contribution >= 0.6 is 27.5 Å². The summed E-state index contributed by atoms with van der Waals surface area (Å²) in [6.07, 6.45) is -0.940. The van der Waals surface area contributed by atoms with E-state index in [1.807, 2.05) is 0 Å². The summed E-state index contributed by atoms with van der Waals surface area (Å²) in [6, 6.07) is 3.07. The first-order valence-electron chi connectivity index (χ1n) is 6.92. The molecule has 0 bridgehead atoms. The predicted octanol–water partition coefficient (Wildman–Crippen LogP) is 5.37. The molecule has 0 fully saturated rings. The topological polar surface area (TPSA) is 61.8 Å². The van der Waals surface area contributed by atoms with Gasteiger partial charge in [-0.2, -0.15) is 0 Å². The third-order valence-corrected chi connectivity index (χ3v) is 3.18. The van der Waals surface area contributed by atoms with Crippen LogP contribution in [0.1, 0.15) is 51.9 Å². The highest BCUT2D eigenvalue weighted by Gasteiger charge is 2.28. The second-order valence-corrected chi connectivity index (χ2v) is 8.06. The average molecular weight is 408 g/mol. The van der Waals surface area contributed by atoms with Crippen molar-refractivity contribution in [2.45, 2.75) is 52.7 Å². The minimum atomic E-state index is -0.940. The molecule has 0 saturated heterocycles. The van der Waals surface area contributed by atoms with Gasteiger partial charge in [0.25, 0.3) is 0 Å². The van der Waals surface area contributed by atoms with Crippen molar-refractivity contribution in [2.75, 3.05) is 0 Å². The molecule has 0 aliphatic heterocycles. The molecule has 1 aromatic rings. The van der Waals surface area contributed by atoms with Gasteiger partial charge in [-0.3, -0.25) is 0 Å². The highest BCUT2D eigenvalue weighted by atomic mass is 79.9. The second kappa shape index (κ2) is 7.09. The molecule has 0 heterocycles. The van der Waals surface area contributed by atoms with Gasteiger partial charge in [-0.25, -0.2) is 9.59 Å². The molecule has 0 spiro atoms. The maximum absolute atomic E-state index is 12.4. The summed E-state index contributed by atoms with van der Waals surface area (Å²) in [5.41, 5.74) is -1.48. The van der Waals surface area contributed by atoms with Crippen molar-refractivity contribution < 1.29 is 23.8 Å². The van der Waals surface area contributed by atoms with E-state index in [1.54, 1.807) is 47.6 Å². The zero-order chi connectivity index (χ0) is 18.0. The van der Waals surface area contributed by atoms with Gasteiger partial charge in [-0.1, -0.05) is 11.6 Å². The number of carbonyl (C=O) groups excluding carboxylic acids is 2. The molecule has 0 aliphatic rings. The van der Waals surface area contributed by atoms with E-state index in [2.05, 4.69) is 15.9 Å². The summed E-state index contributed by atoms with van der Waals surface area (Å²) < 4.78 is 16.0. The Balaban J connectivity index is 3.19. The van der Waals surface area contributed by atoms with E-state index >= 15 is 0 Å². The fraction of sp³-hybridized carbons (Fsp3) is 0.500. The molecule has 1 rings (SSSR count). The summed E-state index contributed by atoms with van der Waals surface area (Å²) in [4.78, 5) is 24.3. The maximum atomic E-state index is 12.4. The van der Waals surface area contributed by atoms with Crippen LogP contribution in [0.2, 0.25) is 5.02 Å². The van der Waals surface area contributed by atoms with Gasteiger partial charge in [0.1, 0.15) is 16.8 Å². The minimum absolute atomic E-state index is 0.0400. The van der Waals surface area contributed by atoms with E-state index in [9.17, 15) is 9.59 Å². The standard InChI is InChI=1S/C16H20BrClO5/c1-15(2,3)22-13(19)11-10(18)8-7-9(17)12(11)21-14(20)23-16(4,5)6/h7-8H,1-6H3. The number of ether oxygens (including phenoxy) is 3. The fourth-order valence-electron chi connectivity index (χ4n) is 1.51. The lowest BCUT2D eigenvalue weighted by Gasteiger charge is -2.22. The fourth-order valence-corrected chi connectivity index (χ4v) is 2.14. The normalized spacial score (nSPS) is 11.8. The number of halogens is 2. The Kier molecular flexibility index (Phi) is 6.10. The molecular formula is C16H20BrClO5. The molecule has 0 aliphatic carbocycles. The third-order valence-electron chi connectivity index (χ3n) is 2.24. The van der Waals surface area contributed by atoms with Gasteiger partial charge in [-0.15, -0.1) is 0 Å². The van der Waals surface area contributed by atoms with Gasteiger partial charge >= 0.3 is 12.1 Å². The summed E-state index contributed by atoms with van der Waals surface area (Å²) in [5, 5.41) is 0.112. The van der Waals surface area contributed by atoms with Gasteiger partial charge < -0.3 is 14.2 Å². The Morgan fingerprint density at radius 2 is 1.52 bits per heavy atom. The van der Waals surface area contributed by atoms with Crippen molar-refractivity contribution in [3.05, 3.63) is 27.2 Å². The van der Waals surface area contributed by atoms with Gasteiger partial charge in [0, 0.05) is 0 Å². The van der Waals surface area contributed by atoms with Crippen LogP contribution in [0.4, 0.5) is 4.79 Å². The average Bonchev–Trinajstić information content (AvgIpc) is 2.29. The Morgan fingerprint density at radius 1 is 1.00 bits per heavy atom. The smallest absolute Gasteiger partial charge is 0.456 e. The molecule has 0 aromatic heterocycles. The van der Waals surface area contributed by atoms with Gasteiger partial charge in [-0.05, 0) is 69.6 Å². The lowest BCUT2D eigenvalue weighted by atomic mass is 10.1. The van der Waals surface area contributed by atoms with Crippen LogP contribution in [0.25, 0.3) is 0 Å². The number of hydrogen-bond acceptors (Lipinski definition) is 5. The highest BCUT2D eigenvalue weighted by Crippen LogP contribution is 2.36. The van der Waals surface area contributed by atoms with Crippen molar-refractivity contribution in [3.63, 3.8) is 0 Å². The minimum Gasteiger partial charge on any atom is -0.456 e. The molecule has 0 atom stereocenters. The van der Waals surface area contributed by atoms with Crippen LogP contribution in [-0.2, 0) is 9.47 Å². The Bertz CT molecular complexity index is 614. The third kappa shape index (κ3) is 6.39.